The standard InChI is InChI=1S/C15H20N2O3/c1-9(2)13-15(20)17(10(3)14(19)16-13)8-11-5-4-6-12(18)7-11/h4-7,9-10,13,18H,8H2,1-3H3,(H,16,19). The SMILES string of the molecule is CC(C)C1NC(=O)C(C)N(Cc2cccc(O)c2)C1=O. The molecule has 1 aromatic rings. The summed E-state index contributed by atoms with van der Waals surface area (Å²) in [6, 6.07) is 5.77. The molecule has 1 saturated heterocycles. The number of piperazine rings is 1. The number of carbonyl (C=O) groups is 2. The summed E-state index contributed by atoms with van der Waals surface area (Å²) < 4.78 is 0. The van der Waals surface area contributed by atoms with Gasteiger partial charge in [0.2, 0.25) is 11.8 Å². The molecule has 5 heteroatoms. The van der Waals surface area contributed by atoms with Gasteiger partial charge in [0.25, 0.3) is 0 Å². The van der Waals surface area contributed by atoms with E-state index in [1.807, 2.05) is 19.9 Å². The van der Waals surface area contributed by atoms with Gasteiger partial charge in [0.05, 0.1) is 0 Å². The van der Waals surface area contributed by atoms with Crippen LogP contribution >= 0.6 is 0 Å². The quantitative estimate of drug-likeness (QED) is 0.873. The molecule has 20 heavy (non-hydrogen) atoms. The molecule has 2 unspecified atom stereocenters. The number of hydrogen-bond acceptors (Lipinski definition) is 3. The van der Waals surface area contributed by atoms with Crippen LogP contribution in [0.5, 0.6) is 5.75 Å². The molecule has 0 aromatic heterocycles. The summed E-state index contributed by atoms with van der Waals surface area (Å²) in [5.74, 6) is -0.00556. The molecule has 1 heterocycles. The zero-order valence-corrected chi connectivity index (χ0v) is 12.0. The second-order valence-corrected chi connectivity index (χ2v) is 5.54. The Morgan fingerprint density at radius 3 is 2.65 bits per heavy atom. The van der Waals surface area contributed by atoms with E-state index in [-0.39, 0.29) is 23.5 Å². The average Bonchev–Trinajstić information content (AvgIpc) is 2.38. The Hall–Kier alpha value is -2.04. The third-order valence-electron chi connectivity index (χ3n) is 3.62. The lowest BCUT2D eigenvalue weighted by Crippen LogP contribution is -2.63. The van der Waals surface area contributed by atoms with Gasteiger partial charge in [-0.05, 0) is 30.5 Å². The lowest BCUT2D eigenvalue weighted by Gasteiger charge is -2.38. The molecule has 2 N–H and O–H groups in total. The molecule has 0 spiro atoms. The maximum absolute atomic E-state index is 12.5. The molecule has 2 rings (SSSR count). The molecule has 1 aliphatic heterocycles. The van der Waals surface area contributed by atoms with Crippen molar-refractivity contribution in [3.8, 4) is 5.75 Å². The largest absolute Gasteiger partial charge is 0.508 e. The van der Waals surface area contributed by atoms with Crippen molar-refractivity contribution in [2.75, 3.05) is 0 Å². The minimum Gasteiger partial charge on any atom is -0.508 e. The fraction of sp³-hybridized carbons (Fsp3) is 0.467. The van der Waals surface area contributed by atoms with Gasteiger partial charge in [0.15, 0.2) is 0 Å². The average molecular weight is 276 g/mol. The third-order valence-corrected chi connectivity index (χ3v) is 3.62. The number of amides is 2. The highest BCUT2D eigenvalue weighted by Gasteiger charge is 2.39. The Balaban J connectivity index is 2.23. The highest BCUT2D eigenvalue weighted by molar-refractivity contribution is 5.96. The van der Waals surface area contributed by atoms with E-state index in [2.05, 4.69) is 5.32 Å². The highest BCUT2D eigenvalue weighted by Crippen LogP contribution is 2.20. The topological polar surface area (TPSA) is 69.6 Å². The zero-order valence-electron chi connectivity index (χ0n) is 12.0. The minimum atomic E-state index is -0.500. The smallest absolute Gasteiger partial charge is 0.246 e. The maximum Gasteiger partial charge on any atom is 0.246 e. The Labute approximate surface area is 118 Å². The third kappa shape index (κ3) is 2.76. The number of phenolic OH excluding ortho intramolecular Hbond substituents is 1. The van der Waals surface area contributed by atoms with Crippen LogP contribution in [0.2, 0.25) is 0 Å². The number of carbonyl (C=O) groups excluding carboxylic acids is 2. The number of benzene rings is 1. The summed E-state index contributed by atoms with van der Waals surface area (Å²) in [5, 5.41) is 12.2. The lowest BCUT2D eigenvalue weighted by atomic mass is 9.98. The molecule has 0 bridgehead atoms. The van der Waals surface area contributed by atoms with Crippen molar-refractivity contribution in [2.45, 2.75) is 39.4 Å². The monoisotopic (exact) mass is 276 g/mol. The number of hydrogen-bond donors (Lipinski definition) is 2. The van der Waals surface area contributed by atoms with Gasteiger partial charge in [0, 0.05) is 6.54 Å². The molecule has 2 atom stereocenters. The van der Waals surface area contributed by atoms with Gasteiger partial charge in [-0.3, -0.25) is 9.59 Å². The zero-order chi connectivity index (χ0) is 14.9. The van der Waals surface area contributed by atoms with Crippen molar-refractivity contribution >= 4 is 11.8 Å². The van der Waals surface area contributed by atoms with Crippen molar-refractivity contribution in [3.05, 3.63) is 29.8 Å². The van der Waals surface area contributed by atoms with Crippen molar-refractivity contribution in [1.29, 1.82) is 0 Å². The summed E-state index contributed by atoms with van der Waals surface area (Å²) in [7, 11) is 0. The molecule has 2 amide bonds. The fourth-order valence-corrected chi connectivity index (χ4v) is 2.36. The summed E-state index contributed by atoms with van der Waals surface area (Å²) in [5.41, 5.74) is 0.808. The second kappa shape index (κ2) is 5.53. The van der Waals surface area contributed by atoms with Gasteiger partial charge in [-0.25, -0.2) is 0 Å². The molecule has 0 saturated carbocycles. The van der Waals surface area contributed by atoms with E-state index in [9.17, 15) is 14.7 Å². The number of rotatable bonds is 3. The molecule has 1 aromatic carbocycles. The van der Waals surface area contributed by atoms with Gasteiger partial charge < -0.3 is 15.3 Å². The molecular weight excluding hydrogens is 256 g/mol. The number of nitrogens with one attached hydrogen (secondary N) is 1. The molecule has 0 radical (unpaired) electrons. The second-order valence-electron chi connectivity index (χ2n) is 5.54. The fourth-order valence-electron chi connectivity index (χ4n) is 2.36. The lowest BCUT2D eigenvalue weighted by molar-refractivity contribution is -0.150. The summed E-state index contributed by atoms with van der Waals surface area (Å²) in [6.07, 6.45) is 0. The van der Waals surface area contributed by atoms with Crippen LogP contribution < -0.4 is 5.32 Å². The van der Waals surface area contributed by atoms with Crippen LogP contribution in [0, 0.1) is 5.92 Å². The number of nitrogens with zero attached hydrogens (tertiary/aromatic N) is 1. The Morgan fingerprint density at radius 1 is 1.35 bits per heavy atom. The Bertz CT molecular complexity index is 528. The van der Waals surface area contributed by atoms with E-state index < -0.39 is 12.1 Å². The molecular formula is C15H20N2O3. The minimum absolute atomic E-state index is 0.0469. The van der Waals surface area contributed by atoms with Crippen molar-refractivity contribution in [3.63, 3.8) is 0 Å². The number of phenols is 1. The van der Waals surface area contributed by atoms with Crippen LogP contribution in [0.15, 0.2) is 24.3 Å². The Morgan fingerprint density at radius 2 is 2.05 bits per heavy atom. The predicted octanol–water partition coefficient (Wildman–Crippen LogP) is 1.26. The van der Waals surface area contributed by atoms with Gasteiger partial charge >= 0.3 is 0 Å². The van der Waals surface area contributed by atoms with E-state index >= 15 is 0 Å². The van der Waals surface area contributed by atoms with Crippen molar-refractivity contribution in [2.24, 2.45) is 5.92 Å². The highest BCUT2D eigenvalue weighted by atomic mass is 16.3. The van der Waals surface area contributed by atoms with E-state index in [0.717, 1.165) is 5.56 Å². The first kappa shape index (κ1) is 14.4. The van der Waals surface area contributed by atoms with Crippen LogP contribution in [-0.2, 0) is 16.1 Å². The molecule has 0 aliphatic carbocycles. The van der Waals surface area contributed by atoms with E-state index in [1.165, 1.54) is 0 Å². The van der Waals surface area contributed by atoms with Gasteiger partial charge in [0.1, 0.15) is 17.8 Å². The predicted molar refractivity (Wildman–Crippen MR) is 74.9 cm³/mol. The molecule has 1 fully saturated rings. The maximum atomic E-state index is 12.5. The normalized spacial score (nSPS) is 23.1. The molecule has 108 valence electrons. The molecule has 5 nitrogen and oxygen atoms in total. The van der Waals surface area contributed by atoms with Crippen LogP contribution in [0.25, 0.3) is 0 Å². The van der Waals surface area contributed by atoms with Crippen LogP contribution in [0.1, 0.15) is 26.3 Å². The van der Waals surface area contributed by atoms with Gasteiger partial charge in [-0.1, -0.05) is 26.0 Å². The summed E-state index contributed by atoms with van der Waals surface area (Å²) in [4.78, 5) is 26.0. The molecule has 1 aliphatic rings. The summed E-state index contributed by atoms with van der Waals surface area (Å²) >= 11 is 0. The Kier molecular flexibility index (Phi) is 3.97. The van der Waals surface area contributed by atoms with Gasteiger partial charge in [-0.15, -0.1) is 0 Å². The number of aromatic hydroxyl groups is 1. The first-order valence-corrected chi connectivity index (χ1v) is 6.79. The van der Waals surface area contributed by atoms with E-state index in [1.54, 1.807) is 30.0 Å². The summed E-state index contributed by atoms with van der Waals surface area (Å²) in [6.45, 7) is 5.86. The van der Waals surface area contributed by atoms with Crippen molar-refractivity contribution < 1.29 is 14.7 Å². The first-order valence-electron chi connectivity index (χ1n) is 6.79. The van der Waals surface area contributed by atoms with Gasteiger partial charge in [-0.2, -0.15) is 0 Å². The van der Waals surface area contributed by atoms with E-state index in [4.69, 9.17) is 0 Å². The van der Waals surface area contributed by atoms with Crippen molar-refractivity contribution in [1.82, 2.24) is 10.2 Å². The first-order chi connectivity index (χ1) is 9.40. The van der Waals surface area contributed by atoms with Crippen LogP contribution in [0.4, 0.5) is 0 Å². The van der Waals surface area contributed by atoms with E-state index in [0.29, 0.717) is 6.54 Å². The van der Waals surface area contributed by atoms with Crippen LogP contribution in [-0.4, -0.2) is 33.9 Å². The van der Waals surface area contributed by atoms with Crippen LogP contribution in [0.3, 0.4) is 0 Å².